The number of rotatable bonds is 2. The van der Waals surface area contributed by atoms with Gasteiger partial charge in [0.2, 0.25) is 0 Å². The molecule has 3 aromatic rings. The van der Waals surface area contributed by atoms with E-state index in [9.17, 15) is 5.11 Å². The first-order valence-corrected chi connectivity index (χ1v) is 6.65. The molecule has 0 aliphatic heterocycles. The van der Waals surface area contributed by atoms with Crippen molar-refractivity contribution in [2.24, 2.45) is 0 Å². The lowest BCUT2D eigenvalue weighted by atomic mass is 10.1. The number of aliphatic hydroxyl groups is 1. The molecule has 4 heteroatoms. The minimum atomic E-state index is -0.504. The zero-order chi connectivity index (χ0) is 14.3. The maximum atomic E-state index is 9.69. The smallest absolute Gasteiger partial charge is 0.138 e. The van der Waals surface area contributed by atoms with Crippen molar-refractivity contribution in [3.05, 3.63) is 53.5 Å². The first-order chi connectivity index (χ1) is 9.56. The second-order valence-electron chi connectivity index (χ2n) is 5.16. The maximum Gasteiger partial charge on any atom is 0.138 e. The van der Waals surface area contributed by atoms with Gasteiger partial charge in [0.25, 0.3) is 0 Å². The molecule has 1 unspecified atom stereocenters. The topological polar surface area (TPSA) is 50.9 Å². The third kappa shape index (κ3) is 2.08. The molecule has 4 nitrogen and oxygen atoms in total. The number of hydrogen-bond donors (Lipinski definition) is 1. The zero-order valence-electron chi connectivity index (χ0n) is 11.8. The van der Waals surface area contributed by atoms with E-state index in [0.717, 1.165) is 22.4 Å². The summed E-state index contributed by atoms with van der Waals surface area (Å²) in [6.07, 6.45) is 2.98. The lowest BCUT2D eigenvalue weighted by molar-refractivity contribution is 0.199. The standard InChI is InChI=1S/C16H17N3O/c1-10-6-14-15(7-11(10)2)19(9-18-14)16-8-13(12(3)20)4-5-17-16/h4-9,12,20H,1-3H3. The Labute approximate surface area is 117 Å². The van der Waals surface area contributed by atoms with E-state index in [0.29, 0.717) is 0 Å². The number of aryl methyl sites for hydroxylation is 2. The van der Waals surface area contributed by atoms with Crippen LogP contribution < -0.4 is 0 Å². The number of nitrogens with zero attached hydrogens (tertiary/aromatic N) is 3. The second kappa shape index (κ2) is 4.72. The van der Waals surface area contributed by atoms with Crippen molar-refractivity contribution in [1.82, 2.24) is 14.5 Å². The Kier molecular flexibility index (Phi) is 3.03. The van der Waals surface area contributed by atoms with E-state index < -0.39 is 6.10 Å². The van der Waals surface area contributed by atoms with E-state index in [-0.39, 0.29) is 0 Å². The van der Waals surface area contributed by atoms with Crippen molar-refractivity contribution < 1.29 is 5.11 Å². The van der Waals surface area contributed by atoms with Crippen molar-refractivity contribution in [2.45, 2.75) is 26.9 Å². The van der Waals surface area contributed by atoms with Crippen LogP contribution in [-0.2, 0) is 0 Å². The van der Waals surface area contributed by atoms with Crippen molar-refractivity contribution in [3.63, 3.8) is 0 Å². The molecule has 2 aromatic heterocycles. The number of hydrogen-bond acceptors (Lipinski definition) is 3. The Morgan fingerprint density at radius 1 is 1.10 bits per heavy atom. The molecule has 0 aliphatic carbocycles. The number of imidazole rings is 1. The highest BCUT2D eigenvalue weighted by molar-refractivity contribution is 5.78. The summed E-state index contributed by atoms with van der Waals surface area (Å²) in [6.45, 7) is 5.92. The number of aromatic nitrogens is 3. The van der Waals surface area contributed by atoms with Gasteiger partial charge in [-0.05, 0) is 61.7 Å². The summed E-state index contributed by atoms with van der Waals surface area (Å²) in [5, 5.41) is 9.69. The summed E-state index contributed by atoms with van der Waals surface area (Å²) in [6, 6.07) is 7.91. The van der Waals surface area contributed by atoms with Gasteiger partial charge in [0.1, 0.15) is 12.1 Å². The Hall–Kier alpha value is -2.20. The summed E-state index contributed by atoms with van der Waals surface area (Å²) in [5.74, 6) is 0.772. The highest BCUT2D eigenvalue weighted by Gasteiger charge is 2.09. The first-order valence-electron chi connectivity index (χ1n) is 6.65. The quantitative estimate of drug-likeness (QED) is 0.776. The zero-order valence-corrected chi connectivity index (χ0v) is 11.8. The number of benzene rings is 1. The van der Waals surface area contributed by atoms with E-state index >= 15 is 0 Å². The van der Waals surface area contributed by atoms with Gasteiger partial charge in [-0.2, -0.15) is 0 Å². The molecule has 20 heavy (non-hydrogen) atoms. The molecule has 0 fully saturated rings. The molecule has 0 spiro atoms. The Bertz CT molecular complexity index is 774. The minimum absolute atomic E-state index is 0.504. The summed E-state index contributed by atoms with van der Waals surface area (Å²) in [5.41, 5.74) is 5.29. The molecule has 0 aliphatic rings. The molecular weight excluding hydrogens is 250 g/mol. The van der Waals surface area contributed by atoms with E-state index in [2.05, 4.69) is 35.9 Å². The number of aliphatic hydroxyl groups excluding tert-OH is 1. The molecule has 0 saturated carbocycles. The van der Waals surface area contributed by atoms with Crippen LogP contribution in [0.1, 0.15) is 29.7 Å². The van der Waals surface area contributed by atoms with Gasteiger partial charge >= 0.3 is 0 Å². The highest BCUT2D eigenvalue weighted by atomic mass is 16.3. The van der Waals surface area contributed by atoms with Crippen LogP contribution in [0.4, 0.5) is 0 Å². The van der Waals surface area contributed by atoms with Gasteiger partial charge in [0.15, 0.2) is 0 Å². The van der Waals surface area contributed by atoms with Crippen LogP contribution in [-0.4, -0.2) is 19.6 Å². The predicted molar refractivity (Wildman–Crippen MR) is 79.0 cm³/mol. The molecular formula is C16H17N3O. The van der Waals surface area contributed by atoms with Gasteiger partial charge in [-0.3, -0.25) is 4.57 Å². The number of pyridine rings is 1. The fourth-order valence-corrected chi connectivity index (χ4v) is 2.27. The van der Waals surface area contributed by atoms with Gasteiger partial charge in [-0.15, -0.1) is 0 Å². The molecule has 0 saturated heterocycles. The lowest BCUT2D eigenvalue weighted by Crippen LogP contribution is -1.99. The fourth-order valence-electron chi connectivity index (χ4n) is 2.27. The van der Waals surface area contributed by atoms with Crippen LogP contribution in [0, 0.1) is 13.8 Å². The minimum Gasteiger partial charge on any atom is -0.389 e. The summed E-state index contributed by atoms with van der Waals surface area (Å²) >= 11 is 0. The predicted octanol–water partition coefficient (Wildman–Crippen LogP) is 3.09. The molecule has 1 aromatic carbocycles. The third-order valence-electron chi connectivity index (χ3n) is 3.66. The van der Waals surface area contributed by atoms with Gasteiger partial charge in [-0.1, -0.05) is 0 Å². The fraction of sp³-hybridized carbons (Fsp3) is 0.250. The molecule has 0 radical (unpaired) electrons. The largest absolute Gasteiger partial charge is 0.389 e. The Balaban J connectivity index is 2.19. The monoisotopic (exact) mass is 267 g/mol. The molecule has 1 N–H and O–H groups in total. The average Bonchev–Trinajstić information content (AvgIpc) is 2.82. The average molecular weight is 267 g/mol. The Morgan fingerprint density at radius 2 is 1.85 bits per heavy atom. The van der Waals surface area contributed by atoms with Crippen LogP contribution in [0.15, 0.2) is 36.8 Å². The lowest BCUT2D eigenvalue weighted by Gasteiger charge is -2.08. The van der Waals surface area contributed by atoms with E-state index in [1.165, 1.54) is 11.1 Å². The van der Waals surface area contributed by atoms with Gasteiger partial charge in [0, 0.05) is 6.20 Å². The van der Waals surface area contributed by atoms with Crippen LogP contribution in [0.5, 0.6) is 0 Å². The molecule has 0 bridgehead atoms. The summed E-state index contributed by atoms with van der Waals surface area (Å²) in [7, 11) is 0. The van der Waals surface area contributed by atoms with Crippen molar-refractivity contribution >= 4 is 11.0 Å². The van der Waals surface area contributed by atoms with Crippen molar-refractivity contribution in [1.29, 1.82) is 0 Å². The van der Waals surface area contributed by atoms with Crippen LogP contribution >= 0.6 is 0 Å². The van der Waals surface area contributed by atoms with E-state index in [4.69, 9.17) is 0 Å². The van der Waals surface area contributed by atoms with Crippen LogP contribution in [0.2, 0.25) is 0 Å². The molecule has 3 rings (SSSR count). The maximum absolute atomic E-state index is 9.69. The first kappa shape index (κ1) is 12.8. The Morgan fingerprint density at radius 3 is 2.60 bits per heavy atom. The number of fused-ring (bicyclic) bond motifs is 1. The van der Waals surface area contributed by atoms with Gasteiger partial charge in [0.05, 0.1) is 17.1 Å². The summed E-state index contributed by atoms with van der Waals surface area (Å²) < 4.78 is 1.95. The molecule has 1 atom stereocenters. The molecule has 0 amide bonds. The van der Waals surface area contributed by atoms with Gasteiger partial charge in [-0.25, -0.2) is 9.97 Å². The van der Waals surface area contributed by atoms with Crippen molar-refractivity contribution in [2.75, 3.05) is 0 Å². The normalized spacial score (nSPS) is 12.8. The van der Waals surface area contributed by atoms with E-state index in [1.807, 2.05) is 16.7 Å². The van der Waals surface area contributed by atoms with Crippen molar-refractivity contribution in [3.8, 4) is 5.82 Å². The molecule has 102 valence electrons. The van der Waals surface area contributed by atoms with E-state index in [1.54, 1.807) is 19.4 Å². The highest BCUT2D eigenvalue weighted by Crippen LogP contribution is 2.22. The third-order valence-corrected chi connectivity index (χ3v) is 3.66. The van der Waals surface area contributed by atoms with Gasteiger partial charge < -0.3 is 5.11 Å². The SMILES string of the molecule is Cc1cc2ncn(-c3cc(C(C)O)ccn3)c2cc1C. The second-order valence-corrected chi connectivity index (χ2v) is 5.16. The van der Waals surface area contributed by atoms with Crippen LogP contribution in [0.3, 0.4) is 0 Å². The van der Waals surface area contributed by atoms with Crippen LogP contribution in [0.25, 0.3) is 16.9 Å². The summed E-state index contributed by atoms with van der Waals surface area (Å²) in [4.78, 5) is 8.81. The molecule has 2 heterocycles.